The van der Waals surface area contributed by atoms with Gasteiger partial charge in [0.05, 0.1) is 36.5 Å². The number of carbonyl (C=O) groups is 3. The summed E-state index contributed by atoms with van der Waals surface area (Å²) >= 11 is 7.68. The summed E-state index contributed by atoms with van der Waals surface area (Å²) in [6, 6.07) is 15.9. The van der Waals surface area contributed by atoms with Gasteiger partial charge in [-0.15, -0.1) is 11.8 Å². The van der Waals surface area contributed by atoms with Gasteiger partial charge < -0.3 is 20.1 Å². The molecule has 0 spiro atoms. The second kappa shape index (κ2) is 14.6. The molecule has 2 heterocycles. The number of benzene rings is 3. The summed E-state index contributed by atoms with van der Waals surface area (Å²) in [7, 11) is 0. The van der Waals surface area contributed by atoms with E-state index in [-0.39, 0.29) is 29.8 Å². The zero-order chi connectivity index (χ0) is 31.9. The SMILES string of the molecule is Cc1c(OCCCC(=O)N2CCSc3c(-c4cnn(Cc5cccc(C(=O)NCCC(=O)O)c5)c4)cccc32)ccc(F)c1Cl. The first-order valence-electron chi connectivity index (χ1n) is 14.5. The summed E-state index contributed by atoms with van der Waals surface area (Å²) in [6.07, 6.45) is 4.40. The molecular weight excluding hydrogens is 619 g/mol. The number of thioether (sulfide) groups is 1. The van der Waals surface area contributed by atoms with E-state index in [1.807, 2.05) is 35.4 Å². The van der Waals surface area contributed by atoms with Gasteiger partial charge in [-0.25, -0.2) is 4.39 Å². The number of nitrogens with one attached hydrogen (secondary N) is 1. The zero-order valence-corrected chi connectivity index (χ0v) is 26.2. The summed E-state index contributed by atoms with van der Waals surface area (Å²) in [5.74, 6) is -0.518. The second-order valence-corrected chi connectivity index (χ2v) is 12.0. The van der Waals surface area contributed by atoms with E-state index in [1.54, 1.807) is 53.8 Å². The van der Waals surface area contributed by atoms with E-state index >= 15 is 0 Å². The minimum absolute atomic E-state index is 0.00809. The quantitative estimate of drug-likeness (QED) is 0.176. The third-order valence-corrected chi connectivity index (χ3v) is 8.90. The van der Waals surface area contributed by atoms with E-state index < -0.39 is 11.8 Å². The topological polar surface area (TPSA) is 114 Å². The number of ether oxygens (including phenoxy) is 1. The van der Waals surface area contributed by atoms with E-state index in [0.29, 0.717) is 49.4 Å². The number of halogens is 2. The van der Waals surface area contributed by atoms with Crippen LogP contribution in [0.1, 0.15) is 40.7 Å². The van der Waals surface area contributed by atoms with Crippen LogP contribution in [0.5, 0.6) is 5.75 Å². The number of aromatic nitrogens is 2. The minimum atomic E-state index is -0.970. The van der Waals surface area contributed by atoms with E-state index in [4.69, 9.17) is 21.4 Å². The van der Waals surface area contributed by atoms with Gasteiger partial charge in [-0.3, -0.25) is 19.1 Å². The van der Waals surface area contributed by atoms with Gasteiger partial charge in [0, 0.05) is 58.6 Å². The average Bonchev–Trinajstić information content (AvgIpc) is 3.50. The largest absolute Gasteiger partial charge is 0.493 e. The maximum Gasteiger partial charge on any atom is 0.305 e. The molecule has 0 aliphatic carbocycles. The molecule has 1 aromatic heterocycles. The number of carbonyl (C=O) groups excluding carboxylic acids is 2. The first-order chi connectivity index (χ1) is 21.7. The van der Waals surface area contributed by atoms with E-state index in [9.17, 15) is 18.8 Å². The Kier molecular flexibility index (Phi) is 10.4. The van der Waals surface area contributed by atoms with Crippen molar-refractivity contribution < 1.29 is 28.6 Å². The first kappa shape index (κ1) is 32.1. The third kappa shape index (κ3) is 7.84. The van der Waals surface area contributed by atoms with Crippen molar-refractivity contribution in [1.29, 1.82) is 0 Å². The van der Waals surface area contributed by atoms with Crippen molar-refractivity contribution >= 4 is 46.8 Å². The number of hydrogen-bond donors (Lipinski definition) is 2. The fourth-order valence-electron chi connectivity index (χ4n) is 5.04. The summed E-state index contributed by atoms with van der Waals surface area (Å²) in [6.45, 7) is 3.11. The number of rotatable bonds is 12. The molecule has 3 aromatic carbocycles. The number of aliphatic carboxylic acids is 1. The van der Waals surface area contributed by atoms with Gasteiger partial charge in [-0.1, -0.05) is 35.9 Å². The number of anilines is 1. The lowest BCUT2D eigenvalue weighted by molar-refractivity contribution is -0.136. The molecule has 0 unspecified atom stereocenters. The molecule has 0 saturated heterocycles. The van der Waals surface area contributed by atoms with Gasteiger partial charge in [0.15, 0.2) is 0 Å². The standard InChI is InChI=1S/C33H32ClFN4O5S/c1-21-28(11-10-26(35)31(21)34)44-15-4-9-29(40)39-14-16-45-32-25(7-3-8-27(32)39)24-18-37-38(20-24)19-22-5-2-6-23(17-22)33(43)36-13-12-30(41)42/h2-3,5-8,10-11,17-18,20H,4,9,12-16,19H2,1H3,(H,36,43)(H,41,42). The average molecular weight is 651 g/mol. The van der Waals surface area contributed by atoms with E-state index in [0.717, 1.165) is 33.0 Å². The summed E-state index contributed by atoms with van der Waals surface area (Å²) < 4.78 is 21.2. The van der Waals surface area contributed by atoms with Crippen LogP contribution in [0.4, 0.5) is 10.1 Å². The van der Waals surface area contributed by atoms with Crippen molar-refractivity contribution in [2.24, 2.45) is 0 Å². The summed E-state index contributed by atoms with van der Waals surface area (Å²) in [5.41, 5.74) is 4.62. The molecule has 2 N–H and O–H groups in total. The van der Waals surface area contributed by atoms with E-state index in [1.165, 1.54) is 6.07 Å². The Hall–Kier alpha value is -4.35. The number of carboxylic acid groups (broad SMARTS) is 1. The molecule has 1 aliphatic heterocycles. The number of hydrogen-bond acceptors (Lipinski definition) is 6. The molecule has 234 valence electrons. The Morgan fingerprint density at radius 1 is 1.13 bits per heavy atom. The monoisotopic (exact) mass is 650 g/mol. The van der Waals surface area contributed by atoms with Crippen LogP contribution in [-0.4, -0.2) is 58.1 Å². The zero-order valence-electron chi connectivity index (χ0n) is 24.6. The molecular formula is C33H32ClFN4O5S. The van der Waals surface area contributed by atoms with Gasteiger partial charge in [0.1, 0.15) is 11.6 Å². The molecule has 5 rings (SSSR count). The number of amides is 2. The highest BCUT2D eigenvalue weighted by Gasteiger charge is 2.25. The molecule has 0 fully saturated rings. The van der Waals surface area contributed by atoms with Crippen LogP contribution in [0.15, 0.2) is 71.9 Å². The summed E-state index contributed by atoms with van der Waals surface area (Å²) in [4.78, 5) is 39.3. The predicted molar refractivity (Wildman–Crippen MR) is 172 cm³/mol. The van der Waals surface area contributed by atoms with Crippen molar-refractivity contribution in [3.63, 3.8) is 0 Å². The normalized spacial score (nSPS) is 12.5. The number of fused-ring (bicyclic) bond motifs is 1. The highest BCUT2D eigenvalue weighted by molar-refractivity contribution is 7.99. The van der Waals surface area contributed by atoms with Gasteiger partial charge in [0.25, 0.3) is 5.91 Å². The number of nitrogens with zero attached hydrogens (tertiary/aromatic N) is 3. The predicted octanol–water partition coefficient (Wildman–Crippen LogP) is 6.20. The fraction of sp³-hybridized carbons (Fsp3) is 0.273. The van der Waals surface area contributed by atoms with Crippen molar-refractivity contribution in [2.75, 3.05) is 30.3 Å². The smallest absolute Gasteiger partial charge is 0.305 e. The molecule has 0 atom stereocenters. The Balaban J connectivity index is 1.22. The lowest BCUT2D eigenvalue weighted by Crippen LogP contribution is -2.35. The molecule has 0 radical (unpaired) electrons. The van der Waals surface area contributed by atoms with Gasteiger partial charge in [-0.2, -0.15) is 5.10 Å². The molecule has 1 aliphatic rings. The van der Waals surface area contributed by atoms with Crippen molar-refractivity contribution in [2.45, 2.75) is 37.6 Å². The molecule has 12 heteroatoms. The van der Waals surface area contributed by atoms with Crippen LogP contribution >= 0.6 is 23.4 Å². The van der Waals surface area contributed by atoms with Crippen LogP contribution in [0.3, 0.4) is 0 Å². The van der Waals surface area contributed by atoms with Gasteiger partial charge in [0.2, 0.25) is 5.91 Å². The highest BCUT2D eigenvalue weighted by Crippen LogP contribution is 2.42. The lowest BCUT2D eigenvalue weighted by Gasteiger charge is -2.30. The first-order valence-corrected chi connectivity index (χ1v) is 15.8. The Morgan fingerprint density at radius 2 is 1.96 bits per heavy atom. The van der Waals surface area contributed by atoms with Crippen LogP contribution in [-0.2, 0) is 16.1 Å². The lowest BCUT2D eigenvalue weighted by atomic mass is 10.1. The molecule has 0 bridgehead atoms. The summed E-state index contributed by atoms with van der Waals surface area (Å²) in [5, 5.41) is 16.0. The van der Waals surface area contributed by atoms with Crippen molar-refractivity contribution in [3.05, 3.63) is 94.5 Å². The molecule has 2 amide bonds. The maximum atomic E-state index is 13.6. The Morgan fingerprint density at radius 3 is 2.78 bits per heavy atom. The second-order valence-electron chi connectivity index (χ2n) is 10.5. The van der Waals surface area contributed by atoms with Crippen LogP contribution in [0.2, 0.25) is 5.02 Å². The van der Waals surface area contributed by atoms with E-state index in [2.05, 4.69) is 10.4 Å². The number of carboxylic acids is 1. The van der Waals surface area contributed by atoms with Crippen molar-refractivity contribution in [1.82, 2.24) is 15.1 Å². The molecule has 4 aromatic rings. The molecule has 45 heavy (non-hydrogen) atoms. The Bertz CT molecular complexity index is 1730. The minimum Gasteiger partial charge on any atom is -0.493 e. The third-order valence-electron chi connectivity index (χ3n) is 7.33. The van der Waals surface area contributed by atoms with Gasteiger partial charge >= 0.3 is 5.97 Å². The Labute approximate surface area is 269 Å². The van der Waals surface area contributed by atoms with Crippen LogP contribution in [0, 0.1) is 12.7 Å². The molecule has 0 saturated carbocycles. The fourth-order valence-corrected chi connectivity index (χ4v) is 6.34. The van der Waals surface area contributed by atoms with Crippen LogP contribution in [0.25, 0.3) is 11.1 Å². The van der Waals surface area contributed by atoms with Gasteiger partial charge in [-0.05, 0) is 49.2 Å². The maximum absolute atomic E-state index is 13.6. The van der Waals surface area contributed by atoms with Crippen molar-refractivity contribution in [3.8, 4) is 16.9 Å². The highest BCUT2D eigenvalue weighted by atomic mass is 35.5. The molecule has 9 nitrogen and oxygen atoms in total. The van der Waals surface area contributed by atoms with Crippen LogP contribution < -0.4 is 15.0 Å².